The molecule has 2 unspecified atom stereocenters. The standard InChI is InChI=1S/C20H26N4O2/c1-3-24(19(25)15-23-12-7-11-21-20(23)26)18-10-13-22(14-18)16(2)17-8-5-4-6-9-17/h4-9,11-12,16,18H,3,10,13-15H2,1-2H3. The topological polar surface area (TPSA) is 58.4 Å². The molecule has 2 aromatic rings. The molecule has 1 aliphatic rings. The maximum Gasteiger partial charge on any atom is 0.347 e. The van der Waals surface area contributed by atoms with Gasteiger partial charge in [-0.25, -0.2) is 9.78 Å². The zero-order valence-corrected chi connectivity index (χ0v) is 15.4. The van der Waals surface area contributed by atoms with E-state index < -0.39 is 0 Å². The molecule has 138 valence electrons. The van der Waals surface area contributed by atoms with E-state index in [9.17, 15) is 9.59 Å². The molecule has 1 fully saturated rings. The van der Waals surface area contributed by atoms with E-state index in [1.54, 1.807) is 12.3 Å². The summed E-state index contributed by atoms with van der Waals surface area (Å²) in [5, 5.41) is 0. The molecule has 6 heteroatoms. The molecule has 0 spiro atoms. The predicted octanol–water partition coefficient (Wildman–Crippen LogP) is 1.93. The molecule has 0 radical (unpaired) electrons. The Morgan fingerprint density at radius 2 is 2.08 bits per heavy atom. The Kier molecular flexibility index (Phi) is 5.83. The highest BCUT2D eigenvalue weighted by molar-refractivity contribution is 5.76. The fourth-order valence-corrected chi connectivity index (χ4v) is 3.70. The number of carbonyl (C=O) groups is 1. The number of likely N-dealkylation sites (N-methyl/N-ethyl adjacent to an activating group) is 1. The zero-order chi connectivity index (χ0) is 18.5. The van der Waals surface area contributed by atoms with Gasteiger partial charge in [-0.15, -0.1) is 0 Å². The van der Waals surface area contributed by atoms with Gasteiger partial charge in [-0.05, 0) is 31.9 Å². The SMILES string of the molecule is CCN(C(=O)Cn1cccnc1=O)C1CCN(C(C)c2ccccc2)C1. The van der Waals surface area contributed by atoms with Crippen LogP contribution in [0.25, 0.3) is 0 Å². The highest BCUT2D eigenvalue weighted by Crippen LogP contribution is 2.26. The van der Waals surface area contributed by atoms with Crippen molar-refractivity contribution in [2.24, 2.45) is 0 Å². The molecule has 3 rings (SSSR count). The number of hydrogen-bond donors (Lipinski definition) is 0. The van der Waals surface area contributed by atoms with Gasteiger partial charge in [0.05, 0.1) is 0 Å². The van der Waals surface area contributed by atoms with Crippen molar-refractivity contribution < 1.29 is 4.79 Å². The lowest BCUT2D eigenvalue weighted by molar-refractivity contribution is -0.133. The lowest BCUT2D eigenvalue weighted by atomic mass is 10.1. The number of nitrogens with zero attached hydrogens (tertiary/aromatic N) is 4. The Bertz CT molecular complexity index is 790. The average molecular weight is 354 g/mol. The van der Waals surface area contributed by atoms with E-state index in [2.05, 4.69) is 41.1 Å². The van der Waals surface area contributed by atoms with E-state index in [-0.39, 0.29) is 24.2 Å². The van der Waals surface area contributed by atoms with Gasteiger partial charge in [0.25, 0.3) is 0 Å². The number of aromatic nitrogens is 2. The van der Waals surface area contributed by atoms with Gasteiger partial charge in [0.15, 0.2) is 0 Å². The highest BCUT2D eigenvalue weighted by atomic mass is 16.2. The van der Waals surface area contributed by atoms with Gasteiger partial charge >= 0.3 is 5.69 Å². The van der Waals surface area contributed by atoms with Crippen LogP contribution in [-0.4, -0.2) is 50.9 Å². The van der Waals surface area contributed by atoms with Crippen molar-refractivity contribution in [1.29, 1.82) is 0 Å². The zero-order valence-electron chi connectivity index (χ0n) is 15.4. The van der Waals surface area contributed by atoms with Crippen molar-refractivity contribution in [3.8, 4) is 0 Å². The van der Waals surface area contributed by atoms with Crippen LogP contribution >= 0.6 is 0 Å². The Balaban J connectivity index is 1.65. The van der Waals surface area contributed by atoms with Crippen molar-refractivity contribution in [2.45, 2.75) is 38.9 Å². The molecular weight excluding hydrogens is 328 g/mol. The highest BCUT2D eigenvalue weighted by Gasteiger charge is 2.32. The Labute approximate surface area is 154 Å². The van der Waals surface area contributed by atoms with Crippen molar-refractivity contribution in [3.63, 3.8) is 0 Å². The fraction of sp³-hybridized carbons (Fsp3) is 0.450. The van der Waals surface area contributed by atoms with E-state index >= 15 is 0 Å². The summed E-state index contributed by atoms with van der Waals surface area (Å²) in [6.45, 7) is 6.73. The molecular formula is C20H26N4O2. The van der Waals surface area contributed by atoms with Crippen LogP contribution < -0.4 is 5.69 Å². The molecule has 26 heavy (non-hydrogen) atoms. The van der Waals surface area contributed by atoms with Crippen molar-refractivity contribution in [2.75, 3.05) is 19.6 Å². The first-order valence-corrected chi connectivity index (χ1v) is 9.20. The number of benzene rings is 1. The van der Waals surface area contributed by atoms with E-state index in [1.807, 2.05) is 17.9 Å². The summed E-state index contributed by atoms with van der Waals surface area (Å²) in [6.07, 6.45) is 4.01. The lowest BCUT2D eigenvalue weighted by Crippen LogP contribution is -2.44. The third-order valence-electron chi connectivity index (χ3n) is 5.21. The van der Waals surface area contributed by atoms with Crippen LogP contribution in [-0.2, 0) is 11.3 Å². The number of carbonyl (C=O) groups excluding carboxylic acids is 1. The molecule has 2 heterocycles. The first kappa shape index (κ1) is 18.3. The van der Waals surface area contributed by atoms with Crippen molar-refractivity contribution in [1.82, 2.24) is 19.4 Å². The summed E-state index contributed by atoms with van der Waals surface area (Å²) in [5.41, 5.74) is 0.909. The minimum absolute atomic E-state index is 0.0261. The molecule has 6 nitrogen and oxygen atoms in total. The van der Waals surface area contributed by atoms with Gasteiger partial charge in [-0.1, -0.05) is 30.3 Å². The van der Waals surface area contributed by atoms with Crippen LogP contribution in [0.15, 0.2) is 53.6 Å². The third-order valence-corrected chi connectivity index (χ3v) is 5.21. The van der Waals surface area contributed by atoms with Gasteiger partial charge in [-0.3, -0.25) is 14.3 Å². The Morgan fingerprint density at radius 1 is 1.31 bits per heavy atom. The first-order valence-electron chi connectivity index (χ1n) is 9.20. The summed E-state index contributed by atoms with van der Waals surface area (Å²) in [6, 6.07) is 12.6. The summed E-state index contributed by atoms with van der Waals surface area (Å²) in [5.74, 6) is -0.0261. The van der Waals surface area contributed by atoms with Crippen molar-refractivity contribution in [3.05, 3.63) is 64.8 Å². The monoisotopic (exact) mass is 354 g/mol. The van der Waals surface area contributed by atoms with Crippen LogP contribution in [0.2, 0.25) is 0 Å². The first-order chi connectivity index (χ1) is 12.6. The maximum absolute atomic E-state index is 12.7. The Morgan fingerprint density at radius 3 is 2.77 bits per heavy atom. The number of likely N-dealkylation sites (tertiary alicyclic amines) is 1. The van der Waals surface area contributed by atoms with Crippen LogP contribution in [0.5, 0.6) is 0 Å². The molecule has 1 amide bonds. The molecule has 0 aliphatic carbocycles. The molecule has 0 saturated carbocycles. The molecule has 0 bridgehead atoms. The molecule has 1 aliphatic heterocycles. The fourth-order valence-electron chi connectivity index (χ4n) is 3.70. The van der Waals surface area contributed by atoms with Gasteiger partial charge in [0.2, 0.25) is 5.91 Å². The molecule has 2 atom stereocenters. The number of rotatable bonds is 6. The van der Waals surface area contributed by atoms with Crippen LogP contribution in [0.4, 0.5) is 0 Å². The van der Waals surface area contributed by atoms with Crippen LogP contribution in [0.3, 0.4) is 0 Å². The second kappa shape index (κ2) is 8.27. The van der Waals surface area contributed by atoms with Crippen LogP contribution in [0, 0.1) is 0 Å². The lowest BCUT2D eigenvalue weighted by Gasteiger charge is -2.30. The Hall–Kier alpha value is -2.47. The van der Waals surface area contributed by atoms with Gasteiger partial charge in [-0.2, -0.15) is 0 Å². The second-order valence-corrected chi connectivity index (χ2v) is 6.73. The van der Waals surface area contributed by atoms with Gasteiger partial charge in [0.1, 0.15) is 6.54 Å². The minimum Gasteiger partial charge on any atom is -0.337 e. The van der Waals surface area contributed by atoms with E-state index in [0.717, 1.165) is 19.5 Å². The van der Waals surface area contributed by atoms with E-state index in [1.165, 1.54) is 16.3 Å². The quantitative estimate of drug-likeness (QED) is 0.795. The normalized spacial score (nSPS) is 18.6. The number of hydrogen-bond acceptors (Lipinski definition) is 4. The van der Waals surface area contributed by atoms with Crippen molar-refractivity contribution >= 4 is 5.91 Å². The van der Waals surface area contributed by atoms with Gasteiger partial charge in [0, 0.05) is 44.1 Å². The summed E-state index contributed by atoms with van der Waals surface area (Å²) >= 11 is 0. The molecule has 1 saturated heterocycles. The van der Waals surface area contributed by atoms with Crippen LogP contribution in [0.1, 0.15) is 31.9 Å². The summed E-state index contributed by atoms with van der Waals surface area (Å²) in [4.78, 5) is 32.5. The summed E-state index contributed by atoms with van der Waals surface area (Å²) in [7, 11) is 0. The second-order valence-electron chi connectivity index (χ2n) is 6.73. The van der Waals surface area contributed by atoms with E-state index in [0.29, 0.717) is 12.6 Å². The number of amides is 1. The predicted molar refractivity (Wildman–Crippen MR) is 101 cm³/mol. The molecule has 1 aromatic carbocycles. The molecule has 0 N–H and O–H groups in total. The summed E-state index contributed by atoms with van der Waals surface area (Å²) < 4.78 is 1.37. The maximum atomic E-state index is 12.7. The largest absolute Gasteiger partial charge is 0.347 e. The van der Waals surface area contributed by atoms with Gasteiger partial charge < -0.3 is 4.90 Å². The van der Waals surface area contributed by atoms with E-state index in [4.69, 9.17) is 0 Å². The smallest absolute Gasteiger partial charge is 0.337 e. The average Bonchev–Trinajstić information content (AvgIpc) is 3.14. The third kappa shape index (κ3) is 4.02. The minimum atomic E-state index is -0.386. The molecule has 1 aromatic heterocycles.